The molecule has 2 N–H and O–H groups in total. The van der Waals surface area contributed by atoms with Gasteiger partial charge in [0.25, 0.3) is 5.91 Å². The Kier molecular flexibility index (Phi) is 4.70. The number of carbonyl (C=O) groups excluding carboxylic acids is 2. The highest BCUT2D eigenvalue weighted by atomic mass is 16.5. The Morgan fingerprint density at radius 1 is 1.16 bits per heavy atom. The maximum Gasteiger partial charge on any atom is 0.347 e. The molecular formula is C19H17NO5. The van der Waals surface area contributed by atoms with Crippen molar-refractivity contribution in [1.29, 1.82) is 0 Å². The average molecular weight is 339 g/mol. The first-order valence-corrected chi connectivity index (χ1v) is 7.72. The molecule has 0 bridgehead atoms. The number of amides is 1. The van der Waals surface area contributed by atoms with Gasteiger partial charge in [-0.25, -0.2) is 4.79 Å². The average Bonchev–Trinajstić information content (AvgIpc) is 2.62. The second-order valence-corrected chi connectivity index (χ2v) is 5.51. The summed E-state index contributed by atoms with van der Waals surface area (Å²) in [4.78, 5) is 24.5. The summed E-state index contributed by atoms with van der Waals surface area (Å²) in [6.45, 7) is 0. The molecular weight excluding hydrogens is 322 g/mol. The van der Waals surface area contributed by atoms with Gasteiger partial charge in [-0.15, -0.1) is 0 Å². The fourth-order valence-electron chi connectivity index (χ4n) is 2.57. The molecule has 0 saturated heterocycles. The predicted molar refractivity (Wildman–Crippen MR) is 91.2 cm³/mol. The molecule has 0 aromatic heterocycles. The van der Waals surface area contributed by atoms with E-state index < -0.39 is 18.0 Å². The van der Waals surface area contributed by atoms with Gasteiger partial charge in [-0.2, -0.15) is 0 Å². The van der Waals surface area contributed by atoms with Gasteiger partial charge in [0.15, 0.2) is 5.57 Å². The van der Waals surface area contributed by atoms with Crippen LogP contribution >= 0.6 is 0 Å². The largest absolute Gasteiger partial charge is 0.511 e. The highest BCUT2D eigenvalue weighted by Crippen LogP contribution is 2.31. The van der Waals surface area contributed by atoms with Gasteiger partial charge < -0.3 is 19.9 Å². The summed E-state index contributed by atoms with van der Waals surface area (Å²) < 4.78 is 10.4. The monoisotopic (exact) mass is 339 g/mol. The van der Waals surface area contributed by atoms with Crippen LogP contribution in [0.25, 0.3) is 0 Å². The molecule has 1 atom stereocenters. The minimum absolute atomic E-state index is 0.0567. The second-order valence-electron chi connectivity index (χ2n) is 5.51. The zero-order valence-corrected chi connectivity index (χ0v) is 13.6. The lowest BCUT2D eigenvalue weighted by Crippen LogP contribution is -2.29. The summed E-state index contributed by atoms with van der Waals surface area (Å²) >= 11 is 0. The highest BCUT2D eigenvalue weighted by Gasteiger charge is 2.34. The van der Waals surface area contributed by atoms with Gasteiger partial charge in [0.2, 0.25) is 0 Å². The van der Waals surface area contributed by atoms with E-state index in [2.05, 4.69) is 5.32 Å². The van der Waals surface area contributed by atoms with Crippen molar-refractivity contribution in [3.8, 4) is 5.75 Å². The number of methoxy groups -OCH3 is 1. The maximum absolute atomic E-state index is 12.3. The quantitative estimate of drug-likeness (QED) is 0.660. The van der Waals surface area contributed by atoms with E-state index in [4.69, 9.17) is 9.47 Å². The summed E-state index contributed by atoms with van der Waals surface area (Å²) in [7, 11) is 1.54. The maximum atomic E-state index is 12.3. The smallest absolute Gasteiger partial charge is 0.347 e. The van der Waals surface area contributed by atoms with E-state index in [-0.39, 0.29) is 17.8 Å². The first-order chi connectivity index (χ1) is 12.1. The molecule has 25 heavy (non-hydrogen) atoms. The molecule has 2 aromatic rings. The molecule has 2 aromatic carbocycles. The van der Waals surface area contributed by atoms with Gasteiger partial charge in [-0.05, 0) is 29.8 Å². The number of hydrogen-bond acceptors (Lipinski definition) is 5. The zero-order chi connectivity index (χ0) is 17.8. The van der Waals surface area contributed by atoms with E-state index >= 15 is 0 Å². The zero-order valence-electron chi connectivity index (χ0n) is 13.6. The molecule has 6 heteroatoms. The predicted octanol–water partition coefficient (Wildman–Crippen LogP) is 3.13. The molecule has 0 spiro atoms. The minimum atomic E-state index is -0.844. The van der Waals surface area contributed by atoms with E-state index in [1.165, 1.54) is 7.11 Å². The minimum Gasteiger partial charge on any atom is -0.511 e. The van der Waals surface area contributed by atoms with Crippen molar-refractivity contribution >= 4 is 17.6 Å². The van der Waals surface area contributed by atoms with Crippen LogP contribution in [0.1, 0.15) is 18.1 Å². The van der Waals surface area contributed by atoms with Crippen LogP contribution in [-0.2, 0) is 14.3 Å². The van der Waals surface area contributed by atoms with Crippen LogP contribution < -0.4 is 10.1 Å². The van der Waals surface area contributed by atoms with Crippen molar-refractivity contribution in [1.82, 2.24) is 0 Å². The second kappa shape index (κ2) is 7.09. The van der Waals surface area contributed by atoms with Crippen molar-refractivity contribution in [3.05, 3.63) is 71.5 Å². The van der Waals surface area contributed by atoms with Gasteiger partial charge in [-0.1, -0.05) is 30.3 Å². The summed E-state index contributed by atoms with van der Waals surface area (Å²) in [5.41, 5.74) is 0.865. The van der Waals surface area contributed by atoms with Crippen LogP contribution in [0.3, 0.4) is 0 Å². The Labute approximate surface area is 144 Å². The fraction of sp³-hybridized carbons (Fsp3) is 0.158. The molecule has 6 nitrogen and oxygen atoms in total. The molecule has 0 fully saturated rings. The van der Waals surface area contributed by atoms with Crippen LogP contribution in [0.2, 0.25) is 0 Å². The van der Waals surface area contributed by atoms with Crippen molar-refractivity contribution in [2.24, 2.45) is 0 Å². The molecule has 1 amide bonds. The summed E-state index contributed by atoms with van der Waals surface area (Å²) in [5, 5.41) is 12.8. The van der Waals surface area contributed by atoms with Gasteiger partial charge in [0.1, 0.15) is 17.6 Å². The Bertz CT molecular complexity index is 811. The van der Waals surface area contributed by atoms with Crippen molar-refractivity contribution in [2.45, 2.75) is 12.5 Å². The Morgan fingerprint density at radius 3 is 2.44 bits per heavy atom. The third-order valence-electron chi connectivity index (χ3n) is 3.87. The van der Waals surface area contributed by atoms with Crippen LogP contribution in [0, 0.1) is 0 Å². The van der Waals surface area contributed by atoms with Gasteiger partial charge >= 0.3 is 5.97 Å². The topological polar surface area (TPSA) is 84.9 Å². The van der Waals surface area contributed by atoms with Gasteiger partial charge in [0.05, 0.1) is 7.11 Å². The normalized spacial score (nSPS) is 17.0. The molecule has 128 valence electrons. The Balaban J connectivity index is 1.76. The number of carbonyl (C=O) groups is 2. The van der Waals surface area contributed by atoms with Crippen molar-refractivity contribution in [2.75, 3.05) is 12.4 Å². The number of nitrogens with one attached hydrogen (secondary N) is 1. The van der Waals surface area contributed by atoms with Crippen LogP contribution in [0.15, 0.2) is 65.9 Å². The molecule has 0 radical (unpaired) electrons. The molecule has 0 saturated carbocycles. The van der Waals surface area contributed by atoms with E-state index in [0.29, 0.717) is 11.4 Å². The number of rotatable bonds is 4. The molecule has 1 heterocycles. The summed E-state index contributed by atoms with van der Waals surface area (Å²) in [6, 6.07) is 15.7. The number of cyclic esters (lactones) is 1. The molecule has 3 rings (SSSR count). The molecule has 1 aliphatic rings. The molecule has 0 aliphatic carbocycles. The van der Waals surface area contributed by atoms with Gasteiger partial charge in [0, 0.05) is 12.1 Å². The van der Waals surface area contributed by atoms with Gasteiger partial charge in [-0.3, -0.25) is 4.79 Å². The lowest BCUT2D eigenvalue weighted by atomic mass is 10.00. The third-order valence-corrected chi connectivity index (χ3v) is 3.87. The SMILES string of the molecule is COc1ccc(NC(=O)C2=C(O)CC(c3ccccc3)OC2=O)cc1. The molecule has 1 aliphatic heterocycles. The number of esters is 1. The van der Waals surface area contributed by atoms with Crippen LogP contribution in [0.5, 0.6) is 5.75 Å². The van der Waals surface area contributed by atoms with Crippen LogP contribution in [-0.4, -0.2) is 24.1 Å². The van der Waals surface area contributed by atoms with Crippen molar-refractivity contribution in [3.63, 3.8) is 0 Å². The molecule has 1 unspecified atom stereocenters. The number of ether oxygens (including phenoxy) is 2. The number of hydrogen-bond donors (Lipinski definition) is 2. The highest BCUT2D eigenvalue weighted by molar-refractivity contribution is 6.21. The number of benzene rings is 2. The van der Waals surface area contributed by atoms with Crippen molar-refractivity contribution < 1.29 is 24.2 Å². The van der Waals surface area contributed by atoms with E-state index in [1.54, 1.807) is 36.4 Å². The fourth-order valence-corrected chi connectivity index (χ4v) is 2.57. The Hall–Kier alpha value is -3.28. The summed E-state index contributed by atoms with van der Waals surface area (Å²) in [6.07, 6.45) is -0.549. The van der Waals surface area contributed by atoms with E-state index in [0.717, 1.165) is 5.56 Å². The van der Waals surface area contributed by atoms with Crippen LogP contribution in [0.4, 0.5) is 5.69 Å². The van der Waals surface area contributed by atoms with E-state index in [1.807, 2.05) is 18.2 Å². The number of anilines is 1. The Morgan fingerprint density at radius 2 is 1.84 bits per heavy atom. The first-order valence-electron chi connectivity index (χ1n) is 7.72. The standard InChI is InChI=1S/C19H17NO5/c1-24-14-9-7-13(8-10-14)20-18(22)17-15(21)11-16(25-19(17)23)12-5-3-2-4-6-12/h2-10,16,21H,11H2,1H3,(H,20,22). The lowest BCUT2D eigenvalue weighted by molar-refractivity contribution is -0.148. The first kappa shape index (κ1) is 16.6. The number of aliphatic hydroxyl groups is 1. The lowest BCUT2D eigenvalue weighted by Gasteiger charge is -2.24. The van der Waals surface area contributed by atoms with E-state index in [9.17, 15) is 14.7 Å². The summed E-state index contributed by atoms with van der Waals surface area (Å²) in [5.74, 6) is -1.19. The number of aliphatic hydroxyl groups excluding tert-OH is 1. The third kappa shape index (κ3) is 3.63.